The topological polar surface area (TPSA) is 48.4 Å². The fourth-order valence-corrected chi connectivity index (χ4v) is 2.14. The highest BCUT2D eigenvalue weighted by atomic mass is 79.9. The first-order chi connectivity index (χ1) is 9.17. The summed E-state index contributed by atoms with van der Waals surface area (Å²) in [6.07, 6.45) is 0. The highest BCUT2D eigenvalue weighted by Crippen LogP contribution is 2.30. The van der Waals surface area contributed by atoms with Gasteiger partial charge in [-0.2, -0.15) is 4.98 Å². The Morgan fingerprint density at radius 3 is 2.32 bits per heavy atom. The molecular formula is C14H12BrNO3. The predicted octanol–water partition coefficient (Wildman–Crippen LogP) is 3.09. The van der Waals surface area contributed by atoms with Crippen molar-refractivity contribution in [1.29, 1.82) is 0 Å². The third-order valence-electron chi connectivity index (χ3n) is 2.58. The molecule has 0 atom stereocenters. The van der Waals surface area contributed by atoms with Gasteiger partial charge in [-0.25, -0.2) is 0 Å². The number of carbonyl (C=O) groups is 1. The summed E-state index contributed by atoms with van der Waals surface area (Å²) in [5.41, 5.74) is 0.973. The van der Waals surface area contributed by atoms with Gasteiger partial charge < -0.3 is 9.47 Å². The molecular weight excluding hydrogens is 310 g/mol. The van der Waals surface area contributed by atoms with Crippen LogP contribution in [0.4, 0.5) is 0 Å². The number of benzene rings is 1. The van der Waals surface area contributed by atoms with E-state index in [0.717, 1.165) is 0 Å². The van der Waals surface area contributed by atoms with Crippen LogP contribution in [0.1, 0.15) is 15.9 Å². The zero-order valence-electron chi connectivity index (χ0n) is 10.5. The van der Waals surface area contributed by atoms with Crippen LogP contribution in [0.25, 0.3) is 0 Å². The van der Waals surface area contributed by atoms with Crippen LogP contribution in [0.2, 0.25) is 0 Å². The molecule has 1 aromatic heterocycles. The number of nitrogens with zero attached hydrogens (tertiary/aromatic N) is 1. The van der Waals surface area contributed by atoms with Gasteiger partial charge in [0.2, 0.25) is 11.8 Å². The van der Waals surface area contributed by atoms with E-state index < -0.39 is 0 Å². The van der Waals surface area contributed by atoms with Crippen molar-refractivity contribution in [3.63, 3.8) is 0 Å². The molecule has 1 aromatic carbocycles. The molecule has 2 aromatic rings. The number of hydrogen-bond donors (Lipinski definition) is 0. The lowest BCUT2D eigenvalue weighted by Gasteiger charge is -2.10. The molecule has 98 valence electrons. The molecule has 0 spiro atoms. The highest BCUT2D eigenvalue weighted by Gasteiger charge is 2.18. The summed E-state index contributed by atoms with van der Waals surface area (Å²) in [4.78, 5) is 16.5. The van der Waals surface area contributed by atoms with Crippen LogP contribution in [-0.4, -0.2) is 25.0 Å². The average molecular weight is 322 g/mol. The summed E-state index contributed by atoms with van der Waals surface area (Å²) in [7, 11) is 2.97. The van der Waals surface area contributed by atoms with Crippen LogP contribution in [0.15, 0.2) is 40.9 Å². The molecule has 0 aliphatic rings. The van der Waals surface area contributed by atoms with E-state index in [1.54, 1.807) is 18.2 Å². The molecule has 0 N–H and O–H groups in total. The number of methoxy groups -OCH3 is 2. The quantitative estimate of drug-likeness (QED) is 0.812. The van der Waals surface area contributed by atoms with E-state index in [9.17, 15) is 4.79 Å². The molecule has 0 unspecified atom stereocenters. The second-order valence-corrected chi connectivity index (χ2v) is 4.59. The zero-order valence-corrected chi connectivity index (χ0v) is 12.1. The third kappa shape index (κ3) is 2.76. The molecule has 0 radical (unpaired) electrons. The monoisotopic (exact) mass is 321 g/mol. The maximum absolute atomic E-state index is 12.4. The number of hydrogen-bond acceptors (Lipinski definition) is 4. The Morgan fingerprint density at radius 1 is 1.11 bits per heavy atom. The molecule has 0 aliphatic heterocycles. The van der Waals surface area contributed by atoms with Gasteiger partial charge in [0.05, 0.1) is 24.3 Å². The Kier molecular flexibility index (Phi) is 4.16. The van der Waals surface area contributed by atoms with Gasteiger partial charge in [0, 0.05) is 5.56 Å². The Hall–Kier alpha value is -1.88. The largest absolute Gasteiger partial charge is 0.480 e. The number of carbonyl (C=O) groups excluding carboxylic acids is 1. The SMILES string of the molecule is COc1nc(OC)c(C(=O)c2ccccc2)cc1Br. The zero-order chi connectivity index (χ0) is 13.8. The van der Waals surface area contributed by atoms with E-state index in [0.29, 0.717) is 21.5 Å². The first kappa shape index (κ1) is 13.5. The highest BCUT2D eigenvalue weighted by molar-refractivity contribution is 9.10. The minimum atomic E-state index is -0.145. The molecule has 0 saturated carbocycles. The summed E-state index contributed by atoms with van der Waals surface area (Å²) >= 11 is 3.32. The Balaban J connectivity index is 2.50. The van der Waals surface area contributed by atoms with Crippen molar-refractivity contribution in [3.05, 3.63) is 52.0 Å². The lowest BCUT2D eigenvalue weighted by Crippen LogP contribution is -2.06. The van der Waals surface area contributed by atoms with Crippen LogP contribution < -0.4 is 9.47 Å². The van der Waals surface area contributed by atoms with E-state index >= 15 is 0 Å². The molecule has 5 heteroatoms. The molecule has 19 heavy (non-hydrogen) atoms. The van der Waals surface area contributed by atoms with Gasteiger partial charge in [-0.3, -0.25) is 4.79 Å². The Labute approximate surface area is 119 Å². The van der Waals surface area contributed by atoms with Gasteiger partial charge in [-0.15, -0.1) is 0 Å². The number of halogens is 1. The van der Waals surface area contributed by atoms with Crippen molar-refractivity contribution in [2.45, 2.75) is 0 Å². The van der Waals surface area contributed by atoms with Gasteiger partial charge in [0.25, 0.3) is 0 Å². The molecule has 1 heterocycles. The second-order valence-electron chi connectivity index (χ2n) is 3.73. The van der Waals surface area contributed by atoms with E-state index in [-0.39, 0.29) is 11.7 Å². The number of aromatic nitrogens is 1. The average Bonchev–Trinajstić information content (AvgIpc) is 2.47. The third-order valence-corrected chi connectivity index (χ3v) is 3.14. The fourth-order valence-electron chi connectivity index (χ4n) is 1.66. The van der Waals surface area contributed by atoms with Crippen molar-refractivity contribution >= 4 is 21.7 Å². The van der Waals surface area contributed by atoms with E-state index in [1.165, 1.54) is 14.2 Å². The summed E-state index contributed by atoms with van der Waals surface area (Å²) in [6.45, 7) is 0. The van der Waals surface area contributed by atoms with Crippen molar-refractivity contribution < 1.29 is 14.3 Å². The van der Waals surface area contributed by atoms with Crippen LogP contribution in [0, 0.1) is 0 Å². The lowest BCUT2D eigenvalue weighted by molar-refractivity contribution is 0.103. The van der Waals surface area contributed by atoms with E-state index in [2.05, 4.69) is 20.9 Å². The van der Waals surface area contributed by atoms with Crippen LogP contribution in [-0.2, 0) is 0 Å². The summed E-state index contributed by atoms with van der Waals surface area (Å²) in [6, 6.07) is 10.6. The normalized spacial score (nSPS) is 10.1. The second kappa shape index (κ2) is 5.84. The molecule has 2 rings (SSSR count). The molecule has 0 bridgehead atoms. The summed E-state index contributed by atoms with van der Waals surface area (Å²) in [5, 5.41) is 0. The van der Waals surface area contributed by atoms with E-state index in [1.807, 2.05) is 18.2 Å². The first-order valence-corrected chi connectivity index (χ1v) is 6.35. The van der Waals surface area contributed by atoms with Crippen LogP contribution >= 0.6 is 15.9 Å². The Morgan fingerprint density at radius 2 is 1.74 bits per heavy atom. The molecule has 0 fully saturated rings. The molecule has 0 saturated heterocycles. The standard InChI is InChI=1S/C14H12BrNO3/c1-18-13-10(8-11(15)14(16-13)19-2)12(17)9-6-4-3-5-7-9/h3-8H,1-2H3. The molecule has 0 amide bonds. The van der Waals surface area contributed by atoms with Gasteiger partial charge in [0.15, 0.2) is 5.78 Å². The first-order valence-electron chi connectivity index (χ1n) is 5.55. The van der Waals surface area contributed by atoms with Crippen molar-refractivity contribution in [1.82, 2.24) is 4.98 Å². The predicted molar refractivity (Wildman–Crippen MR) is 74.9 cm³/mol. The minimum Gasteiger partial charge on any atom is -0.480 e. The van der Waals surface area contributed by atoms with Crippen molar-refractivity contribution in [2.75, 3.05) is 14.2 Å². The number of ketones is 1. The number of rotatable bonds is 4. The number of pyridine rings is 1. The minimum absolute atomic E-state index is 0.145. The molecule has 0 aliphatic carbocycles. The maximum Gasteiger partial charge on any atom is 0.231 e. The number of ether oxygens (including phenoxy) is 2. The van der Waals surface area contributed by atoms with Crippen molar-refractivity contribution in [2.24, 2.45) is 0 Å². The summed E-state index contributed by atoms with van der Waals surface area (Å²) in [5.74, 6) is 0.476. The Bertz CT molecular complexity index is 599. The van der Waals surface area contributed by atoms with Gasteiger partial charge in [-0.05, 0) is 22.0 Å². The van der Waals surface area contributed by atoms with Gasteiger partial charge in [-0.1, -0.05) is 30.3 Å². The molecule has 4 nitrogen and oxygen atoms in total. The van der Waals surface area contributed by atoms with E-state index in [4.69, 9.17) is 9.47 Å². The van der Waals surface area contributed by atoms with Gasteiger partial charge in [0.1, 0.15) is 0 Å². The lowest BCUT2D eigenvalue weighted by atomic mass is 10.0. The summed E-state index contributed by atoms with van der Waals surface area (Å²) < 4.78 is 10.8. The fraction of sp³-hybridized carbons (Fsp3) is 0.143. The van der Waals surface area contributed by atoms with Crippen LogP contribution in [0.3, 0.4) is 0 Å². The van der Waals surface area contributed by atoms with Crippen LogP contribution in [0.5, 0.6) is 11.8 Å². The van der Waals surface area contributed by atoms with Gasteiger partial charge >= 0.3 is 0 Å². The smallest absolute Gasteiger partial charge is 0.231 e. The maximum atomic E-state index is 12.4. The van der Waals surface area contributed by atoms with Crippen molar-refractivity contribution in [3.8, 4) is 11.8 Å².